The normalized spacial score (nSPS) is 13.1. The second-order valence-electron chi connectivity index (χ2n) is 2.50. The Morgan fingerprint density at radius 1 is 1.25 bits per heavy atom. The van der Waals surface area contributed by atoms with Crippen molar-refractivity contribution < 1.29 is 5.11 Å². The van der Waals surface area contributed by atoms with Crippen molar-refractivity contribution in [1.82, 2.24) is 0 Å². The Bertz CT molecular complexity index is 262. The van der Waals surface area contributed by atoms with Crippen molar-refractivity contribution in [3.63, 3.8) is 0 Å². The van der Waals surface area contributed by atoms with Gasteiger partial charge in [0.2, 0.25) is 0 Å². The van der Waals surface area contributed by atoms with Gasteiger partial charge >= 0.3 is 0 Å². The van der Waals surface area contributed by atoms with Crippen LogP contribution >= 0.6 is 0 Å². The first kappa shape index (κ1) is 8.75. The van der Waals surface area contributed by atoms with Gasteiger partial charge in [-0.1, -0.05) is 48.6 Å². The van der Waals surface area contributed by atoms with Gasteiger partial charge in [-0.25, -0.2) is 0 Å². The Kier molecular flexibility index (Phi) is 3.30. The van der Waals surface area contributed by atoms with Gasteiger partial charge in [0.15, 0.2) is 0 Å². The van der Waals surface area contributed by atoms with Gasteiger partial charge in [-0.2, -0.15) is 0 Å². The molecule has 1 rings (SSSR count). The van der Waals surface area contributed by atoms with Crippen molar-refractivity contribution in [1.29, 1.82) is 0 Å². The number of aliphatic hydroxyl groups is 1. The molecule has 0 amide bonds. The van der Waals surface area contributed by atoms with E-state index in [-0.39, 0.29) is 0 Å². The fraction of sp³-hybridized carbons (Fsp3) is 0.0909. The van der Waals surface area contributed by atoms with Crippen LogP contribution in [0.15, 0.2) is 49.1 Å². The summed E-state index contributed by atoms with van der Waals surface area (Å²) in [5, 5.41) is 9.11. The summed E-state index contributed by atoms with van der Waals surface area (Å²) < 4.78 is 0. The maximum Gasteiger partial charge on any atom is 0.0903 e. The molecule has 0 aliphatic heterocycles. The highest BCUT2D eigenvalue weighted by atomic mass is 16.3. The molecule has 0 radical (unpaired) electrons. The van der Waals surface area contributed by atoms with E-state index in [1.165, 1.54) is 6.08 Å². The molecule has 0 aliphatic carbocycles. The summed E-state index contributed by atoms with van der Waals surface area (Å²) >= 11 is 0. The molecule has 0 fully saturated rings. The van der Waals surface area contributed by atoms with Crippen LogP contribution < -0.4 is 0 Å². The predicted molar refractivity (Wildman–Crippen MR) is 51.7 cm³/mol. The van der Waals surface area contributed by atoms with E-state index in [1.54, 1.807) is 6.08 Å². The summed E-state index contributed by atoms with van der Waals surface area (Å²) in [6.07, 6.45) is 4.50. The van der Waals surface area contributed by atoms with E-state index in [1.807, 2.05) is 36.4 Å². The molecule has 1 aromatic rings. The quantitative estimate of drug-likeness (QED) is 0.672. The molecular weight excluding hydrogens is 148 g/mol. The van der Waals surface area contributed by atoms with Crippen molar-refractivity contribution >= 4 is 6.08 Å². The molecule has 1 nitrogen and oxygen atoms in total. The van der Waals surface area contributed by atoms with Gasteiger partial charge in [-0.3, -0.25) is 0 Å². The predicted octanol–water partition coefficient (Wildman–Crippen LogP) is 2.25. The van der Waals surface area contributed by atoms with E-state index in [4.69, 9.17) is 5.11 Å². The maximum atomic E-state index is 9.11. The van der Waals surface area contributed by atoms with E-state index in [0.717, 1.165) is 5.56 Å². The second kappa shape index (κ2) is 4.52. The van der Waals surface area contributed by atoms with Crippen LogP contribution in [-0.4, -0.2) is 11.2 Å². The van der Waals surface area contributed by atoms with Crippen molar-refractivity contribution in [3.8, 4) is 0 Å². The average molecular weight is 160 g/mol. The van der Waals surface area contributed by atoms with Crippen LogP contribution in [0.25, 0.3) is 6.08 Å². The van der Waals surface area contributed by atoms with Gasteiger partial charge in [0, 0.05) is 0 Å². The third-order valence-electron chi connectivity index (χ3n) is 1.53. The van der Waals surface area contributed by atoms with Crippen LogP contribution in [0, 0.1) is 0 Å². The Hall–Kier alpha value is -1.34. The molecule has 62 valence electrons. The minimum atomic E-state index is -0.551. The summed E-state index contributed by atoms with van der Waals surface area (Å²) in [5.41, 5.74) is 1.08. The number of hydrogen-bond donors (Lipinski definition) is 1. The molecule has 0 saturated carbocycles. The van der Waals surface area contributed by atoms with E-state index in [2.05, 4.69) is 6.58 Å². The Labute approximate surface area is 72.7 Å². The highest BCUT2D eigenvalue weighted by Gasteiger charge is 1.88. The molecule has 0 heterocycles. The zero-order chi connectivity index (χ0) is 8.81. The largest absolute Gasteiger partial charge is 0.385 e. The minimum Gasteiger partial charge on any atom is -0.385 e. The molecular formula is C11H12O. The standard InChI is InChI=1S/C11H12O/c1-2-11(12)9-8-10-6-4-3-5-7-10/h2-9,11-12H,1H2/b9-8+/t11-/m0/s1. The molecule has 12 heavy (non-hydrogen) atoms. The van der Waals surface area contributed by atoms with E-state index in [9.17, 15) is 0 Å². The highest BCUT2D eigenvalue weighted by molar-refractivity contribution is 5.49. The molecule has 0 aliphatic rings. The van der Waals surface area contributed by atoms with Gasteiger partial charge in [0.05, 0.1) is 6.10 Å². The van der Waals surface area contributed by atoms with Crippen LogP contribution in [-0.2, 0) is 0 Å². The van der Waals surface area contributed by atoms with Crippen molar-refractivity contribution in [3.05, 3.63) is 54.6 Å². The molecule has 0 saturated heterocycles. The van der Waals surface area contributed by atoms with Crippen LogP contribution in [0.1, 0.15) is 5.56 Å². The molecule has 1 heteroatoms. The highest BCUT2D eigenvalue weighted by Crippen LogP contribution is 2.01. The van der Waals surface area contributed by atoms with Crippen LogP contribution in [0.4, 0.5) is 0 Å². The lowest BCUT2D eigenvalue weighted by Crippen LogP contribution is -1.93. The Morgan fingerprint density at radius 2 is 1.92 bits per heavy atom. The number of benzene rings is 1. The zero-order valence-corrected chi connectivity index (χ0v) is 6.85. The first-order valence-corrected chi connectivity index (χ1v) is 3.87. The third kappa shape index (κ3) is 2.72. The van der Waals surface area contributed by atoms with E-state index >= 15 is 0 Å². The second-order valence-corrected chi connectivity index (χ2v) is 2.50. The summed E-state index contributed by atoms with van der Waals surface area (Å²) in [6.45, 7) is 3.47. The van der Waals surface area contributed by atoms with Crippen molar-refractivity contribution in [2.24, 2.45) is 0 Å². The fourth-order valence-electron chi connectivity index (χ4n) is 0.852. The first-order valence-electron chi connectivity index (χ1n) is 3.87. The Balaban J connectivity index is 2.63. The molecule has 1 N–H and O–H groups in total. The summed E-state index contributed by atoms with van der Waals surface area (Å²) in [5.74, 6) is 0. The maximum absolute atomic E-state index is 9.11. The molecule has 0 spiro atoms. The number of aliphatic hydroxyl groups excluding tert-OH is 1. The van der Waals surface area contributed by atoms with Crippen molar-refractivity contribution in [2.75, 3.05) is 0 Å². The monoisotopic (exact) mass is 160 g/mol. The minimum absolute atomic E-state index is 0.551. The fourth-order valence-corrected chi connectivity index (χ4v) is 0.852. The number of rotatable bonds is 3. The molecule has 0 aromatic heterocycles. The van der Waals surface area contributed by atoms with Gasteiger partial charge in [0.1, 0.15) is 0 Å². The van der Waals surface area contributed by atoms with Gasteiger partial charge < -0.3 is 5.11 Å². The van der Waals surface area contributed by atoms with E-state index in [0.29, 0.717) is 0 Å². The zero-order valence-electron chi connectivity index (χ0n) is 6.85. The average Bonchev–Trinajstić information content (AvgIpc) is 2.16. The lowest BCUT2D eigenvalue weighted by molar-refractivity contribution is 0.273. The molecule has 1 aromatic carbocycles. The molecule has 0 unspecified atom stereocenters. The topological polar surface area (TPSA) is 20.2 Å². The Morgan fingerprint density at radius 3 is 2.50 bits per heavy atom. The number of hydrogen-bond acceptors (Lipinski definition) is 1. The van der Waals surface area contributed by atoms with Crippen LogP contribution in [0.3, 0.4) is 0 Å². The van der Waals surface area contributed by atoms with Crippen molar-refractivity contribution in [2.45, 2.75) is 6.10 Å². The SMILES string of the molecule is C=C[C@H](O)/C=C/c1ccccc1. The molecule has 0 bridgehead atoms. The summed E-state index contributed by atoms with van der Waals surface area (Å²) in [7, 11) is 0. The third-order valence-corrected chi connectivity index (χ3v) is 1.53. The van der Waals surface area contributed by atoms with E-state index < -0.39 is 6.10 Å². The smallest absolute Gasteiger partial charge is 0.0903 e. The van der Waals surface area contributed by atoms with Crippen LogP contribution in [0.5, 0.6) is 0 Å². The lowest BCUT2D eigenvalue weighted by atomic mass is 10.2. The first-order chi connectivity index (χ1) is 5.83. The lowest BCUT2D eigenvalue weighted by Gasteiger charge is -1.95. The van der Waals surface area contributed by atoms with Gasteiger partial charge in [0.25, 0.3) is 0 Å². The summed E-state index contributed by atoms with van der Waals surface area (Å²) in [4.78, 5) is 0. The summed E-state index contributed by atoms with van der Waals surface area (Å²) in [6, 6.07) is 9.83. The van der Waals surface area contributed by atoms with Gasteiger partial charge in [-0.05, 0) is 5.56 Å². The molecule has 1 atom stereocenters. The van der Waals surface area contributed by atoms with Gasteiger partial charge in [-0.15, -0.1) is 6.58 Å². The van der Waals surface area contributed by atoms with Crippen LogP contribution in [0.2, 0.25) is 0 Å².